The Labute approximate surface area is 125 Å². The Morgan fingerprint density at radius 2 is 1.90 bits per heavy atom. The molecular formula is C18H32N2. The van der Waals surface area contributed by atoms with E-state index in [9.17, 15) is 0 Å². The Kier molecular flexibility index (Phi) is 6.07. The van der Waals surface area contributed by atoms with Gasteiger partial charge in [-0.2, -0.15) is 0 Å². The van der Waals surface area contributed by atoms with Crippen molar-refractivity contribution >= 4 is 5.69 Å². The zero-order valence-corrected chi connectivity index (χ0v) is 14.4. The van der Waals surface area contributed by atoms with E-state index in [0.29, 0.717) is 6.04 Å². The lowest BCUT2D eigenvalue weighted by atomic mass is 9.86. The maximum Gasteiger partial charge on any atom is 0.0412 e. The Hall–Kier alpha value is -1.02. The smallest absolute Gasteiger partial charge is 0.0412 e. The highest BCUT2D eigenvalue weighted by atomic mass is 15.1. The van der Waals surface area contributed by atoms with Gasteiger partial charge < -0.3 is 10.2 Å². The highest BCUT2D eigenvalue weighted by Gasteiger charge is 2.25. The minimum atomic E-state index is 0.272. The number of aryl methyl sites for hydroxylation is 1. The second-order valence-corrected chi connectivity index (χ2v) is 6.96. The predicted octanol–water partition coefficient (Wildman–Crippen LogP) is 4.37. The molecule has 0 heterocycles. The van der Waals surface area contributed by atoms with Crippen molar-refractivity contribution in [3.05, 3.63) is 29.3 Å². The first-order valence-electron chi connectivity index (χ1n) is 7.80. The standard InChI is InChI=1S/C18H32N2/c1-8-11-19-13-16-12-14(2)9-10-17(16)20(7)15(3)18(4,5)6/h9-10,12,15,19H,8,11,13H2,1-7H3. The lowest BCUT2D eigenvalue weighted by molar-refractivity contribution is 0.329. The van der Waals surface area contributed by atoms with Gasteiger partial charge >= 0.3 is 0 Å². The Balaban J connectivity index is 2.98. The van der Waals surface area contributed by atoms with E-state index in [4.69, 9.17) is 0 Å². The molecule has 0 radical (unpaired) electrons. The largest absolute Gasteiger partial charge is 0.371 e. The zero-order chi connectivity index (χ0) is 15.3. The van der Waals surface area contributed by atoms with Crippen LogP contribution in [0.2, 0.25) is 0 Å². The third-order valence-electron chi connectivity index (χ3n) is 4.19. The molecule has 1 aromatic carbocycles. The summed E-state index contributed by atoms with van der Waals surface area (Å²) in [5, 5.41) is 3.52. The molecule has 2 nitrogen and oxygen atoms in total. The van der Waals surface area contributed by atoms with Gasteiger partial charge in [-0.3, -0.25) is 0 Å². The summed E-state index contributed by atoms with van der Waals surface area (Å²) in [7, 11) is 2.21. The minimum absolute atomic E-state index is 0.272. The first-order chi connectivity index (χ1) is 9.27. The van der Waals surface area contributed by atoms with E-state index in [1.165, 1.54) is 23.2 Å². The lowest BCUT2D eigenvalue weighted by Crippen LogP contribution is -2.40. The van der Waals surface area contributed by atoms with E-state index in [2.05, 4.69) is 77.0 Å². The van der Waals surface area contributed by atoms with Crippen molar-refractivity contribution in [2.75, 3.05) is 18.5 Å². The molecule has 2 heteroatoms. The van der Waals surface area contributed by atoms with Crippen LogP contribution >= 0.6 is 0 Å². The van der Waals surface area contributed by atoms with Gasteiger partial charge in [0.25, 0.3) is 0 Å². The van der Waals surface area contributed by atoms with Gasteiger partial charge in [0.2, 0.25) is 0 Å². The maximum absolute atomic E-state index is 3.52. The van der Waals surface area contributed by atoms with Crippen LogP contribution < -0.4 is 10.2 Å². The van der Waals surface area contributed by atoms with E-state index in [-0.39, 0.29) is 5.41 Å². The van der Waals surface area contributed by atoms with Gasteiger partial charge in [-0.1, -0.05) is 45.4 Å². The number of hydrogen-bond donors (Lipinski definition) is 1. The molecular weight excluding hydrogens is 244 g/mol. The topological polar surface area (TPSA) is 15.3 Å². The SMILES string of the molecule is CCCNCc1cc(C)ccc1N(C)C(C)C(C)(C)C. The van der Waals surface area contributed by atoms with E-state index < -0.39 is 0 Å². The summed E-state index contributed by atoms with van der Waals surface area (Å²) in [4.78, 5) is 2.42. The fourth-order valence-corrected chi connectivity index (χ4v) is 2.39. The summed E-state index contributed by atoms with van der Waals surface area (Å²) >= 11 is 0. The van der Waals surface area contributed by atoms with Crippen LogP contribution in [-0.4, -0.2) is 19.6 Å². The monoisotopic (exact) mass is 276 g/mol. The van der Waals surface area contributed by atoms with E-state index >= 15 is 0 Å². The van der Waals surface area contributed by atoms with Crippen LogP contribution in [-0.2, 0) is 6.54 Å². The molecule has 0 fully saturated rings. The number of rotatable bonds is 6. The van der Waals surface area contributed by atoms with Gasteiger partial charge in [0.1, 0.15) is 0 Å². The number of benzene rings is 1. The van der Waals surface area contributed by atoms with Crippen molar-refractivity contribution < 1.29 is 0 Å². The third kappa shape index (κ3) is 4.52. The Morgan fingerprint density at radius 3 is 2.45 bits per heavy atom. The van der Waals surface area contributed by atoms with Crippen LogP contribution in [0.3, 0.4) is 0 Å². The normalized spacial score (nSPS) is 13.3. The Morgan fingerprint density at radius 1 is 1.25 bits per heavy atom. The first-order valence-corrected chi connectivity index (χ1v) is 7.80. The molecule has 0 spiro atoms. The zero-order valence-electron chi connectivity index (χ0n) is 14.4. The molecule has 1 atom stereocenters. The van der Waals surface area contributed by atoms with Crippen molar-refractivity contribution in [2.45, 2.75) is 60.5 Å². The van der Waals surface area contributed by atoms with Gasteiger partial charge in [0.15, 0.2) is 0 Å². The fraction of sp³-hybridized carbons (Fsp3) is 0.667. The van der Waals surface area contributed by atoms with Gasteiger partial charge in [-0.05, 0) is 43.9 Å². The lowest BCUT2D eigenvalue weighted by Gasteiger charge is -2.38. The predicted molar refractivity (Wildman–Crippen MR) is 90.5 cm³/mol. The van der Waals surface area contributed by atoms with Crippen LogP contribution in [0, 0.1) is 12.3 Å². The van der Waals surface area contributed by atoms with Crippen LogP contribution in [0.25, 0.3) is 0 Å². The summed E-state index contributed by atoms with van der Waals surface area (Å²) in [6.45, 7) is 15.6. The summed E-state index contributed by atoms with van der Waals surface area (Å²) in [6, 6.07) is 7.28. The number of anilines is 1. The van der Waals surface area contributed by atoms with Crippen LogP contribution in [0.5, 0.6) is 0 Å². The molecule has 0 aliphatic rings. The van der Waals surface area contributed by atoms with Crippen molar-refractivity contribution in [2.24, 2.45) is 5.41 Å². The fourth-order valence-electron chi connectivity index (χ4n) is 2.39. The summed E-state index contributed by atoms with van der Waals surface area (Å²) in [5.41, 5.74) is 4.35. The van der Waals surface area contributed by atoms with E-state index in [1.807, 2.05) is 0 Å². The quantitative estimate of drug-likeness (QED) is 0.776. The highest BCUT2D eigenvalue weighted by molar-refractivity contribution is 5.55. The third-order valence-corrected chi connectivity index (χ3v) is 4.19. The molecule has 1 unspecified atom stereocenters. The minimum Gasteiger partial charge on any atom is -0.371 e. The van der Waals surface area contributed by atoms with Crippen LogP contribution in [0.1, 0.15) is 52.2 Å². The molecule has 0 saturated carbocycles. The summed E-state index contributed by atoms with van der Waals surface area (Å²) < 4.78 is 0. The van der Waals surface area contributed by atoms with Gasteiger partial charge in [0.05, 0.1) is 0 Å². The first kappa shape index (κ1) is 17.0. The summed E-state index contributed by atoms with van der Waals surface area (Å²) in [5.74, 6) is 0. The van der Waals surface area contributed by atoms with Gasteiger partial charge in [-0.25, -0.2) is 0 Å². The molecule has 0 aromatic heterocycles. The molecule has 1 aromatic rings. The van der Waals surface area contributed by atoms with Crippen molar-refractivity contribution in [1.82, 2.24) is 5.32 Å². The maximum atomic E-state index is 3.52. The van der Waals surface area contributed by atoms with Crippen molar-refractivity contribution in [3.63, 3.8) is 0 Å². The Bertz CT molecular complexity index is 418. The van der Waals surface area contributed by atoms with Gasteiger partial charge in [0, 0.05) is 25.3 Å². The number of nitrogens with zero attached hydrogens (tertiary/aromatic N) is 1. The summed E-state index contributed by atoms with van der Waals surface area (Å²) in [6.07, 6.45) is 1.18. The van der Waals surface area contributed by atoms with Gasteiger partial charge in [-0.15, -0.1) is 0 Å². The van der Waals surface area contributed by atoms with Crippen molar-refractivity contribution in [1.29, 1.82) is 0 Å². The second kappa shape index (κ2) is 7.12. The average molecular weight is 276 g/mol. The molecule has 0 saturated heterocycles. The molecule has 1 rings (SSSR count). The van der Waals surface area contributed by atoms with Crippen molar-refractivity contribution in [3.8, 4) is 0 Å². The number of nitrogens with one attached hydrogen (secondary N) is 1. The van der Waals surface area contributed by atoms with E-state index in [0.717, 1.165) is 13.1 Å². The van der Waals surface area contributed by atoms with Crippen LogP contribution in [0.4, 0.5) is 5.69 Å². The number of hydrogen-bond acceptors (Lipinski definition) is 2. The average Bonchev–Trinajstić information content (AvgIpc) is 2.36. The highest BCUT2D eigenvalue weighted by Crippen LogP contribution is 2.30. The van der Waals surface area contributed by atoms with Crippen LogP contribution in [0.15, 0.2) is 18.2 Å². The second-order valence-electron chi connectivity index (χ2n) is 6.96. The molecule has 1 N–H and O–H groups in total. The van der Waals surface area contributed by atoms with E-state index in [1.54, 1.807) is 0 Å². The molecule has 114 valence electrons. The molecule has 0 amide bonds. The molecule has 0 bridgehead atoms. The molecule has 20 heavy (non-hydrogen) atoms. The molecule has 0 aliphatic heterocycles. The molecule has 0 aliphatic carbocycles.